The quantitative estimate of drug-likeness (QED) is 0.852. The minimum atomic E-state index is -2.99. The van der Waals surface area contributed by atoms with E-state index in [9.17, 15) is 13.2 Å². The predicted octanol–water partition coefficient (Wildman–Crippen LogP) is 1.68. The number of carbonyl (C=O) groups excluding carboxylic acids is 1. The number of hydrogen-bond donors (Lipinski definition) is 2. The van der Waals surface area contributed by atoms with Crippen LogP contribution in [-0.2, 0) is 14.6 Å². The second kappa shape index (κ2) is 6.98. The molecule has 7 heteroatoms. The highest BCUT2D eigenvalue weighted by Gasteiger charge is 2.30. The molecule has 5 nitrogen and oxygen atoms in total. The minimum absolute atomic E-state index is 0.0354. The molecule has 1 aliphatic heterocycles. The van der Waals surface area contributed by atoms with Gasteiger partial charge in [-0.15, -0.1) is 0 Å². The first-order valence-corrected chi connectivity index (χ1v) is 9.49. The van der Waals surface area contributed by atoms with Crippen molar-refractivity contribution in [3.63, 3.8) is 0 Å². The summed E-state index contributed by atoms with van der Waals surface area (Å²) in [6, 6.07) is 6.73. The number of rotatable bonds is 5. The van der Waals surface area contributed by atoms with E-state index in [1.807, 2.05) is 25.1 Å². The van der Waals surface area contributed by atoms with Crippen molar-refractivity contribution in [2.75, 3.05) is 11.5 Å². The summed E-state index contributed by atoms with van der Waals surface area (Å²) in [6.45, 7) is 3.72. The van der Waals surface area contributed by atoms with E-state index >= 15 is 0 Å². The van der Waals surface area contributed by atoms with Gasteiger partial charge in [-0.3, -0.25) is 10.1 Å². The Labute approximate surface area is 136 Å². The third-order valence-electron chi connectivity index (χ3n) is 3.82. The monoisotopic (exact) mass is 344 g/mol. The summed E-state index contributed by atoms with van der Waals surface area (Å²) in [6.07, 6.45) is 0.491. The van der Waals surface area contributed by atoms with Crippen LogP contribution in [-0.4, -0.2) is 37.9 Å². The third-order valence-corrected chi connectivity index (χ3v) is 5.82. The van der Waals surface area contributed by atoms with Gasteiger partial charge in [0.1, 0.15) is 0 Å². The van der Waals surface area contributed by atoms with Gasteiger partial charge < -0.3 is 5.32 Å². The number of hydrogen-bond acceptors (Lipinski definition) is 4. The van der Waals surface area contributed by atoms with Gasteiger partial charge in [-0.25, -0.2) is 8.42 Å². The molecule has 2 N–H and O–H groups in total. The highest BCUT2D eigenvalue weighted by atomic mass is 35.5. The molecule has 22 heavy (non-hydrogen) atoms. The fourth-order valence-electron chi connectivity index (χ4n) is 2.56. The lowest BCUT2D eigenvalue weighted by Crippen LogP contribution is -2.47. The molecule has 0 bridgehead atoms. The molecule has 1 amide bonds. The SMILES string of the molecule is CC(NC(C)c1cccc(Cl)c1)C(=O)NC1CCS(=O)(=O)C1. The van der Waals surface area contributed by atoms with Crippen LogP contribution < -0.4 is 10.6 Å². The van der Waals surface area contributed by atoms with Crippen LogP contribution in [0.15, 0.2) is 24.3 Å². The fraction of sp³-hybridized carbons (Fsp3) is 0.533. The molecular formula is C15H21ClN2O3S. The summed E-state index contributed by atoms with van der Waals surface area (Å²) in [5, 5.41) is 6.65. The van der Waals surface area contributed by atoms with E-state index in [-0.39, 0.29) is 29.5 Å². The fourth-order valence-corrected chi connectivity index (χ4v) is 4.43. The molecule has 3 unspecified atom stereocenters. The Morgan fingerprint density at radius 2 is 2.09 bits per heavy atom. The van der Waals surface area contributed by atoms with Crippen molar-refractivity contribution in [2.24, 2.45) is 0 Å². The van der Waals surface area contributed by atoms with Gasteiger partial charge in [-0.05, 0) is 38.0 Å². The number of nitrogens with one attached hydrogen (secondary N) is 2. The Hall–Kier alpha value is -1.11. The number of sulfone groups is 1. The Bertz CT molecular complexity index is 648. The molecule has 1 saturated heterocycles. The van der Waals surface area contributed by atoms with Crippen molar-refractivity contribution in [2.45, 2.75) is 38.4 Å². The molecule has 1 aromatic rings. The Morgan fingerprint density at radius 3 is 2.68 bits per heavy atom. The summed E-state index contributed by atoms with van der Waals surface area (Å²) < 4.78 is 22.8. The molecular weight excluding hydrogens is 324 g/mol. The molecule has 1 aliphatic rings. The number of carbonyl (C=O) groups is 1. The van der Waals surface area contributed by atoms with Gasteiger partial charge in [0, 0.05) is 17.1 Å². The van der Waals surface area contributed by atoms with E-state index in [1.54, 1.807) is 13.0 Å². The minimum Gasteiger partial charge on any atom is -0.351 e. The van der Waals surface area contributed by atoms with Gasteiger partial charge in [0.2, 0.25) is 5.91 Å². The Morgan fingerprint density at radius 1 is 1.36 bits per heavy atom. The lowest BCUT2D eigenvalue weighted by Gasteiger charge is -2.21. The maximum Gasteiger partial charge on any atom is 0.237 e. The van der Waals surface area contributed by atoms with Gasteiger partial charge in [-0.2, -0.15) is 0 Å². The van der Waals surface area contributed by atoms with Gasteiger partial charge in [0.25, 0.3) is 0 Å². The first kappa shape index (κ1) is 17.2. The molecule has 0 aromatic heterocycles. The van der Waals surface area contributed by atoms with Gasteiger partial charge in [-0.1, -0.05) is 23.7 Å². The van der Waals surface area contributed by atoms with Crippen LogP contribution in [0.2, 0.25) is 5.02 Å². The third kappa shape index (κ3) is 4.69. The second-order valence-corrected chi connectivity index (χ2v) is 8.44. The molecule has 1 heterocycles. The van der Waals surface area contributed by atoms with E-state index in [2.05, 4.69) is 10.6 Å². The molecule has 1 fully saturated rings. The van der Waals surface area contributed by atoms with Crippen molar-refractivity contribution >= 4 is 27.3 Å². The van der Waals surface area contributed by atoms with Crippen LogP contribution in [0.4, 0.5) is 0 Å². The van der Waals surface area contributed by atoms with Crippen molar-refractivity contribution in [1.82, 2.24) is 10.6 Å². The lowest BCUT2D eigenvalue weighted by atomic mass is 10.1. The molecule has 0 radical (unpaired) electrons. The van der Waals surface area contributed by atoms with E-state index in [1.165, 1.54) is 0 Å². The second-order valence-electron chi connectivity index (χ2n) is 5.77. The smallest absolute Gasteiger partial charge is 0.237 e. The summed E-state index contributed by atoms with van der Waals surface area (Å²) in [4.78, 5) is 12.1. The summed E-state index contributed by atoms with van der Waals surface area (Å²) in [7, 11) is -2.99. The highest BCUT2D eigenvalue weighted by Crippen LogP contribution is 2.18. The van der Waals surface area contributed by atoms with Crippen molar-refractivity contribution < 1.29 is 13.2 Å². The van der Waals surface area contributed by atoms with Crippen molar-refractivity contribution in [3.8, 4) is 0 Å². The summed E-state index contributed by atoms with van der Waals surface area (Å²) in [5.74, 6) is 0.00419. The van der Waals surface area contributed by atoms with Gasteiger partial charge in [0.05, 0.1) is 17.5 Å². The average molecular weight is 345 g/mol. The van der Waals surface area contributed by atoms with Gasteiger partial charge >= 0.3 is 0 Å². The molecule has 0 spiro atoms. The van der Waals surface area contributed by atoms with Crippen LogP contribution in [0.25, 0.3) is 0 Å². The van der Waals surface area contributed by atoms with Gasteiger partial charge in [0.15, 0.2) is 9.84 Å². The van der Waals surface area contributed by atoms with Crippen LogP contribution >= 0.6 is 11.6 Å². The van der Waals surface area contributed by atoms with Crippen molar-refractivity contribution in [1.29, 1.82) is 0 Å². The highest BCUT2D eigenvalue weighted by molar-refractivity contribution is 7.91. The van der Waals surface area contributed by atoms with Crippen LogP contribution in [0.1, 0.15) is 31.9 Å². The Kier molecular flexibility index (Phi) is 5.47. The molecule has 0 aliphatic carbocycles. The molecule has 1 aromatic carbocycles. The maximum absolute atomic E-state index is 12.1. The van der Waals surface area contributed by atoms with E-state index < -0.39 is 15.9 Å². The standard InChI is InChI=1S/C15H21ClN2O3S/c1-10(12-4-3-5-13(16)8-12)17-11(2)15(19)18-14-6-7-22(20,21)9-14/h3-5,8,10-11,14,17H,6-7,9H2,1-2H3,(H,18,19). The molecule has 122 valence electrons. The summed E-state index contributed by atoms with van der Waals surface area (Å²) in [5.41, 5.74) is 0.996. The number of amides is 1. The van der Waals surface area contributed by atoms with E-state index in [0.29, 0.717) is 11.4 Å². The Balaban J connectivity index is 1.88. The first-order valence-electron chi connectivity index (χ1n) is 7.29. The normalized spacial score (nSPS) is 23.0. The maximum atomic E-state index is 12.1. The zero-order valence-corrected chi connectivity index (χ0v) is 14.2. The largest absolute Gasteiger partial charge is 0.351 e. The zero-order chi connectivity index (χ0) is 16.3. The van der Waals surface area contributed by atoms with E-state index in [0.717, 1.165) is 5.56 Å². The molecule has 3 atom stereocenters. The number of benzene rings is 1. The van der Waals surface area contributed by atoms with Crippen LogP contribution in [0.5, 0.6) is 0 Å². The molecule has 0 saturated carbocycles. The van der Waals surface area contributed by atoms with Crippen molar-refractivity contribution in [3.05, 3.63) is 34.9 Å². The van der Waals surface area contributed by atoms with Crippen LogP contribution in [0.3, 0.4) is 0 Å². The molecule has 2 rings (SSSR count). The first-order chi connectivity index (χ1) is 10.3. The lowest BCUT2D eigenvalue weighted by molar-refractivity contribution is -0.123. The number of halogens is 1. The summed E-state index contributed by atoms with van der Waals surface area (Å²) >= 11 is 5.96. The zero-order valence-electron chi connectivity index (χ0n) is 12.7. The average Bonchev–Trinajstić information content (AvgIpc) is 2.77. The van der Waals surface area contributed by atoms with Crippen LogP contribution in [0, 0.1) is 0 Å². The topological polar surface area (TPSA) is 75.3 Å². The van der Waals surface area contributed by atoms with E-state index in [4.69, 9.17) is 11.6 Å². The predicted molar refractivity (Wildman–Crippen MR) is 87.7 cm³/mol.